The number of benzene rings is 1. The Kier molecular flexibility index (Phi) is 4.97. The van der Waals surface area contributed by atoms with E-state index in [9.17, 15) is 14.4 Å². The van der Waals surface area contributed by atoms with Gasteiger partial charge in [0.25, 0.3) is 5.91 Å². The van der Waals surface area contributed by atoms with Gasteiger partial charge >= 0.3 is 0 Å². The number of carbonyl (C=O) groups excluding carboxylic acids is 3. The first-order valence-corrected chi connectivity index (χ1v) is 9.74. The molecule has 27 heavy (non-hydrogen) atoms. The van der Waals surface area contributed by atoms with Crippen molar-refractivity contribution in [2.75, 3.05) is 19.6 Å². The number of hydrogen-bond donors (Lipinski definition) is 2. The van der Waals surface area contributed by atoms with Crippen molar-refractivity contribution in [1.82, 2.24) is 20.4 Å². The monoisotopic (exact) mass is 370 g/mol. The molecular weight excluding hydrogens is 344 g/mol. The third kappa shape index (κ3) is 3.61. The van der Waals surface area contributed by atoms with Gasteiger partial charge in [0.15, 0.2) is 0 Å². The average molecular weight is 370 g/mol. The SMILES string of the molecule is CC1CN(Cc2cccc3c2C(=O)N(C2CCC(=O)NC2=O)C3)CCCN1. The number of fused-ring (bicyclic) bond motifs is 1. The molecule has 0 saturated carbocycles. The molecule has 7 nitrogen and oxygen atoms in total. The van der Waals surface area contributed by atoms with Gasteiger partial charge in [0.05, 0.1) is 0 Å². The molecule has 0 aliphatic carbocycles. The van der Waals surface area contributed by atoms with Gasteiger partial charge in [-0.15, -0.1) is 0 Å². The van der Waals surface area contributed by atoms with Crippen molar-refractivity contribution in [3.63, 3.8) is 0 Å². The van der Waals surface area contributed by atoms with E-state index in [2.05, 4.69) is 22.5 Å². The minimum absolute atomic E-state index is 0.0869. The number of amides is 3. The highest BCUT2D eigenvalue weighted by atomic mass is 16.2. The molecule has 2 unspecified atom stereocenters. The molecule has 7 heteroatoms. The van der Waals surface area contributed by atoms with Crippen LogP contribution in [0.2, 0.25) is 0 Å². The number of hydrogen-bond acceptors (Lipinski definition) is 5. The zero-order valence-corrected chi connectivity index (χ0v) is 15.7. The van der Waals surface area contributed by atoms with Crippen LogP contribution in [-0.4, -0.2) is 59.2 Å². The molecule has 4 rings (SSSR count). The van der Waals surface area contributed by atoms with Gasteiger partial charge in [0.1, 0.15) is 6.04 Å². The van der Waals surface area contributed by atoms with Crippen molar-refractivity contribution in [1.29, 1.82) is 0 Å². The fraction of sp³-hybridized carbons (Fsp3) is 0.550. The number of carbonyl (C=O) groups is 3. The van der Waals surface area contributed by atoms with Crippen LogP contribution in [0.25, 0.3) is 0 Å². The average Bonchev–Trinajstić information content (AvgIpc) is 2.82. The lowest BCUT2D eigenvalue weighted by atomic mass is 10.0. The zero-order valence-electron chi connectivity index (χ0n) is 15.7. The third-order valence-corrected chi connectivity index (χ3v) is 5.71. The smallest absolute Gasteiger partial charge is 0.255 e. The summed E-state index contributed by atoms with van der Waals surface area (Å²) in [6.45, 7) is 6.34. The van der Waals surface area contributed by atoms with Crippen LogP contribution in [0, 0.1) is 0 Å². The Bertz CT molecular complexity index is 778. The molecule has 3 aliphatic rings. The molecular formula is C20H26N4O3. The molecule has 2 atom stereocenters. The fourth-order valence-corrected chi connectivity index (χ4v) is 4.40. The maximum atomic E-state index is 13.1. The molecule has 0 radical (unpaired) electrons. The topological polar surface area (TPSA) is 81.8 Å². The molecule has 3 amide bonds. The molecule has 2 fully saturated rings. The molecule has 2 saturated heterocycles. The normalized spacial score (nSPS) is 26.7. The van der Waals surface area contributed by atoms with Crippen LogP contribution >= 0.6 is 0 Å². The Hall–Kier alpha value is -2.25. The molecule has 144 valence electrons. The van der Waals surface area contributed by atoms with Gasteiger partial charge in [-0.1, -0.05) is 18.2 Å². The molecule has 0 aromatic heterocycles. The summed E-state index contributed by atoms with van der Waals surface area (Å²) in [5.41, 5.74) is 2.75. The summed E-state index contributed by atoms with van der Waals surface area (Å²) in [4.78, 5) is 40.8. The number of rotatable bonds is 3. The van der Waals surface area contributed by atoms with Crippen molar-refractivity contribution < 1.29 is 14.4 Å². The van der Waals surface area contributed by atoms with E-state index in [1.54, 1.807) is 4.90 Å². The van der Waals surface area contributed by atoms with Gasteiger partial charge in [0.2, 0.25) is 11.8 Å². The molecule has 2 N–H and O–H groups in total. The minimum Gasteiger partial charge on any atom is -0.322 e. The van der Waals surface area contributed by atoms with Crippen molar-refractivity contribution >= 4 is 17.7 Å². The Balaban J connectivity index is 1.54. The fourth-order valence-electron chi connectivity index (χ4n) is 4.40. The maximum absolute atomic E-state index is 13.1. The summed E-state index contributed by atoms with van der Waals surface area (Å²) >= 11 is 0. The number of piperidine rings is 1. The molecule has 1 aromatic rings. The van der Waals surface area contributed by atoms with Crippen LogP contribution < -0.4 is 10.6 Å². The van der Waals surface area contributed by atoms with Crippen LogP contribution in [0.3, 0.4) is 0 Å². The summed E-state index contributed by atoms with van der Waals surface area (Å²) in [5, 5.41) is 5.85. The second-order valence-electron chi connectivity index (χ2n) is 7.80. The highest BCUT2D eigenvalue weighted by Gasteiger charge is 2.40. The van der Waals surface area contributed by atoms with E-state index >= 15 is 0 Å². The van der Waals surface area contributed by atoms with E-state index in [0.29, 0.717) is 19.0 Å². The Morgan fingerprint density at radius 2 is 2.07 bits per heavy atom. The van der Waals surface area contributed by atoms with Crippen molar-refractivity contribution in [2.45, 2.75) is 51.4 Å². The Morgan fingerprint density at radius 3 is 2.89 bits per heavy atom. The molecule has 3 heterocycles. The lowest BCUT2D eigenvalue weighted by molar-refractivity contribution is -0.136. The van der Waals surface area contributed by atoms with Gasteiger partial charge in [-0.25, -0.2) is 0 Å². The van der Waals surface area contributed by atoms with Crippen LogP contribution in [0.5, 0.6) is 0 Å². The number of imide groups is 1. The van der Waals surface area contributed by atoms with Crippen molar-refractivity contribution in [2.24, 2.45) is 0 Å². The zero-order chi connectivity index (χ0) is 19.0. The standard InChI is InChI=1S/C20H26N4O3/c1-13-10-23(9-3-8-21-13)11-14-4-2-5-15-12-24(20(27)18(14)15)16-6-7-17(25)22-19(16)26/h2,4-5,13,16,21H,3,6-12H2,1H3,(H,22,25,26). The summed E-state index contributed by atoms with van der Waals surface area (Å²) in [5.74, 6) is -0.706. The van der Waals surface area contributed by atoms with Crippen LogP contribution in [-0.2, 0) is 22.7 Å². The predicted octanol–water partition coefficient (Wildman–Crippen LogP) is 0.631. The van der Waals surface area contributed by atoms with Crippen LogP contribution in [0.15, 0.2) is 18.2 Å². The van der Waals surface area contributed by atoms with Crippen LogP contribution in [0.4, 0.5) is 0 Å². The lowest BCUT2D eigenvalue weighted by Gasteiger charge is -2.29. The van der Waals surface area contributed by atoms with Gasteiger partial charge in [-0.2, -0.15) is 0 Å². The summed E-state index contributed by atoms with van der Waals surface area (Å²) in [6, 6.07) is 5.86. The number of nitrogens with zero attached hydrogens (tertiary/aromatic N) is 2. The van der Waals surface area contributed by atoms with Gasteiger partial charge < -0.3 is 10.2 Å². The third-order valence-electron chi connectivity index (χ3n) is 5.71. The summed E-state index contributed by atoms with van der Waals surface area (Å²) in [6.07, 6.45) is 1.77. The highest BCUT2D eigenvalue weighted by molar-refractivity contribution is 6.05. The lowest BCUT2D eigenvalue weighted by Crippen LogP contribution is -2.52. The molecule has 3 aliphatic heterocycles. The van der Waals surface area contributed by atoms with Crippen LogP contribution in [0.1, 0.15) is 47.7 Å². The highest BCUT2D eigenvalue weighted by Crippen LogP contribution is 2.30. The first-order chi connectivity index (χ1) is 13.0. The van der Waals surface area contributed by atoms with E-state index in [1.165, 1.54) is 0 Å². The van der Waals surface area contributed by atoms with Crippen molar-refractivity contribution in [3.8, 4) is 0 Å². The van der Waals surface area contributed by atoms with Gasteiger partial charge in [-0.3, -0.25) is 24.6 Å². The Labute approximate surface area is 159 Å². The summed E-state index contributed by atoms with van der Waals surface area (Å²) < 4.78 is 0. The maximum Gasteiger partial charge on any atom is 0.255 e. The van der Waals surface area contributed by atoms with Gasteiger partial charge in [0, 0.05) is 37.7 Å². The first-order valence-electron chi connectivity index (χ1n) is 9.74. The number of nitrogens with one attached hydrogen (secondary N) is 2. The quantitative estimate of drug-likeness (QED) is 0.763. The molecule has 0 spiro atoms. The van der Waals surface area contributed by atoms with E-state index in [0.717, 1.165) is 49.3 Å². The van der Waals surface area contributed by atoms with E-state index < -0.39 is 6.04 Å². The van der Waals surface area contributed by atoms with E-state index in [-0.39, 0.29) is 24.1 Å². The molecule has 1 aromatic carbocycles. The summed E-state index contributed by atoms with van der Waals surface area (Å²) in [7, 11) is 0. The van der Waals surface area contributed by atoms with E-state index in [1.807, 2.05) is 18.2 Å². The Morgan fingerprint density at radius 1 is 1.22 bits per heavy atom. The first kappa shape index (κ1) is 18.1. The van der Waals surface area contributed by atoms with Crippen molar-refractivity contribution in [3.05, 3.63) is 34.9 Å². The second-order valence-corrected chi connectivity index (χ2v) is 7.80. The largest absolute Gasteiger partial charge is 0.322 e. The molecule has 0 bridgehead atoms. The van der Waals surface area contributed by atoms with Gasteiger partial charge in [-0.05, 0) is 44.0 Å². The predicted molar refractivity (Wildman–Crippen MR) is 99.8 cm³/mol. The minimum atomic E-state index is -0.558. The van der Waals surface area contributed by atoms with E-state index in [4.69, 9.17) is 0 Å². The second kappa shape index (κ2) is 7.40.